The number of rotatable bonds is 5. The van der Waals surface area contributed by atoms with Crippen LogP contribution in [-0.2, 0) is 11.2 Å². The topological polar surface area (TPSA) is 68.9 Å². The number of hydrogen-bond acceptors (Lipinski definition) is 3. The van der Waals surface area contributed by atoms with E-state index in [1.807, 2.05) is 57.4 Å². The minimum atomic E-state index is -0.280. The quantitative estimate of drug-likeness (QED) is 0.747. The molecule has 1 aliphatic carbocycles. The third kappa shape index (κ3) is 6.24. The van der Waals surface area contributed by atoms with Gasteiger partial charge in [-0.3, -0.25) is 4.79 Å². The zero-order chi connectivity index (χ0) is 21.4. The summed E-state index contributed by atoms with van der Waals surface area (Å²) in [6, 6.07) is 7.95. The lowest BCUT2D eigenvalue weighted by Crippen LogP contribution is -2.22. The van der Waals surface area contributed by atoms with Crippen LogP contribution in [0, 0.1) is 11.3 Å². The Kier molecular flexibility index (Phi) is 7.66. The molecule has 1 aromatic carbocycles. The summed E-state index contributed by atoms with van der Waals surface area (Å²) in [5, 5.41) is 0. The first-order chi connectivity index (χ1) is 13.8. The molecule has 1 heterocycles. The lowest BCUT2D eigenvalue weighted by Gasteiger charge is -2.12. The molecule has 2 N–H and O–H groups in total. The maximum atomic E-state index is 11.2. The van der Waals surface area contributed by atoms with Crippen molar-refractivity contribution in [3.63, 3.8) is 0 Å². The highest BCUT2D eigenvalue weighted by atomic mass is 16.1. The Morgan fingerprint density at radius 2 is 1.66 bits per heavy atom. The fourth-order valence-corrected chi connectivity index (χ4v) is 2.88. The van der Waals surface area contributed by atoms with Crippen LogP contribution in [0.5, 0.6) is 0 Å². The maximum absolute atomic E-state index is 11.2. The monoisotopic (exact) mass is 389 g/mol. The average molecular weight is 390 g/mol. The van der Waals surface area contributed by atoms with Gasteiger partial charge in [0.1, 0.15) is 0 Å². The van der Waals surface area contributed by atoms with E-state index in [0.717, 1.165) is 22.3 Å². The highest BCUT2D eigenvalue weighted by molar-refractivity contribution is 5.77. The number of nitrogens with two attached hydrogens (primary N) is 1. The second-order valence-electron chi connectivity index (χ2n) is 7.64. The number of allylic oxidation sites excluding steroid dienone is 6. The van der Waals surface area contributed by atoms with E-state index >= 15 is 0 Å². The molecule has 0 aliphatic heterocycles. The molecule has 2 aromatic rings. The molecule has 0 fully saturated rings. The summed E-state index contributed by atoms with van der Waals surface area (Å²) >= 11 is 0. The molecule has 0 saturated carbocycles. The molecular weight excluding hydrogens is 358 g/mol. The largest absolute Gasteiger partial charge is 0.369 e. The van der Waals surface area contributed by atoms with Crippen molar-refractivity contribution in [3.8, 4) is 11.4 Å². The van der Waals surface area contributed by atoms with Crippen molar-refractivity contribution in [1.29, 1.82) is 0 Å². The van der Waals surface area contributed by atoms with E-state index in [1.54, 1.807) is 0 Å². The highest BCUT2D eigenvalue weighted by Gasteiger charge is 2.12. The average Bonchev–Trinajstić information content (AvgIpc) is 2.90. The fourth-order valence-electron chi connectivity index (χ4n) is 2.88. The Bertz CT molecular complexity index is 904. The molecule has 1 amide bonds. The number of carbonyl (C=O) groups excluding carboxylic acids is 1. The minimum absolute atomic E-state index is 0.0484. The molecule has 1 aliphatic rings. The van der Waals surface area contributed by atoms with Gasteiger partial charge in [0.2, 0.25) is 5.91 Å². The highest BCUT2D eigenvalue weighted by Crippen LogP contribution is 2.26. The van der Waals surface area contributed by atoms with Crippen LogP contribution in [0.4, 0.5) is 0 Å². The van der Waals surface area contributed by atoms with Gasteiger partial charge in [-0.25, -0.2) is 9.97 Å². The van der Waals surface area contributed by atoms with Crippen LogP contribution in [0.1, 0.15) is 45.7 Å². The predicted molar refractivity (Wildman–Crippen MR) is 121 cm³/mol. The van der Waals surface area contributed by atoms with Gasteiger partial charge in [-0.15, -0.1) is 0 Å². The van der Waals surface area contributed by atoms with Crippen molar-refractivity contribution >= 4 is 11.5 Å². The van der Waals surface area contributed by atoms with E-state index in [0.29, 0.717) is 12.2 Å². The Morgan fingerprint density at radius 3 is 2.24 bits per heavy atom. The van der Waals surface area contributed by atoms with E-state index in [4.69, 9.17) is 5.73 Å². The summed E-state index contributed by atoms with van der Waals surface area (Å²) in [4.78, 5) is 20.3. The van der Waals surface area contributed by atoms with Crippen molar-refractivity contribution < 1.29 is 4.79 Å². The van der Waals surface area contributed by atoms with Gasteiger partial charge in [-0.1, -0.05) is 89.3 Å². The molecule has 4 nitrogen and oxygen atoms in total. The summed E-state index contributed by atoms with van der Waals surface area (Å²) in [5.41, 5.74) is 9.49. The van der Waals surface area contributed by atoms with Gasteiger partial charge >= 0.3 is 0 Å². The van der Waals surface area contributed by atoms with E-state index in [9.17, 15) is 4.79 Å². The first-order valence-corrected chi connectivity index (χ1v) is 10.1. The van der Waals surface area contributed by atoms with Crippen LogP contribution >= 0.6 is 0 Å². The number of aromatic nitrogens is 2. The summed E-state index contributed by atoms with van der Waals surface area (Å²) < 4.78 is 0. The summed E-state index contributed by atoms with van der Waals surface area (Å²) in [7, 11) is 0. The van der Waals surface area contributed by atoms with E-state index < -0.39 is 0 Å². The Hall–Kier alpha value is -3.01. The zero-order valence-corrected chi connectivity index (χ0v) is 18.0. The molecule has 0 radical (unpaired) electrons. The smallest absolute Gasteiger partial charge is 0.220 e. The van der Waals surface area contributed by atoms with Crippen molar-refractivity contribution in [3.05, 3.63) is 78.2 Å². The van der Waals surface area contributed by atoms with Gasteiger partial charge in [0, 0.05) is 34.9 Å². The number of benzene rings is 1. The first kappa shape index (κ1) is 22.3. The molecule has 1 atom stereocenters. The molecule has 4 heteroatoms. The molecule has 0 spiro atoms. The second-order valence-corrected chi connectivity index (χ2v) is 7.64. The van der Waals surface area contributed by atoms with Gasteiger partial charge in [-0.2, -0.15) is 0 Å². The van der Waals surface area contributed by atoms with Crippen LogP contribution in [0.3, 0.4) is 0 Å². The summed E-state index contributed by atoms with van der Waals surface area (Å²) in [6.45, 7) is 10.2. The van der Waals surface area contributed by atoms with Crippen molar-refractivity contribution in [2.24, 2.45) is 17.1 Å². The standard InChI is InChI=1S/C23H25N3O.C2H6/c1-16(21(24)27)13-17-6-8-19(9-7-17)22-25-14-20(15-26-22)18-5-4-11-23(2,3)12-10-18;1-2/h4-12,14-16H,13H2,1-3H3,(H2,24,27);1-2H3. The minimum Gasteiger partial charge on any atom is -0.369 e. The van der Waals surface area contributed by atoms with Crippen LogP contribution in [0.25, 0.3) is 17.0 Å². The zero-order valence-electron chi connectivity index (χ0n) is 18.0. The van der Waals surface area contributed by atoms with Crippen molar-refractivity contribution in [1.82, 2.24) is 9.97 Å². The molecule has 152 valence electrons. The van der Waals surface area contributed by atoms with Crippen molar-refractivity contribution in [2.75, 3.05) is 0 Å². The normalized spacial score (nSPS) is 15.6. The van der Waals surface area contributed by atoms with Gasteiger partial charge in [-0.05, 0) is 17.6 Å². The molecule has 29 heavy (non-hydrogen) atoms. The predicted octanol–water partition coefficient (Wildman–Crippen LogP) is 5.37. The lowest BCUT2D eigenvalue weighted by atomic mass is 9.93. The summed E-state index contributed by atoms with van der Waals surface area (Å²) in [5.74, 6) is 0.228. The SMILES string of the molecule is CC.CC(Cc1ccc(-c2ncc(C3=CC=CC(C)(C)C=C3)cn2)cc1)C(N)=O. The molecule has 0 saturated heterocycles. The van der Waals surface area contributed by atoms with Crippen LogP contribution in [0.15, 0.2) is 67.0 Å². The molecular formula is C25H31N3O. The third-order valence-electron chi connectivity index (χ3n) is 4.72. The number of primary amides is 1. The molecule has 0 bridgehead atoms. The van der Waals surface area contributed by atoms with Gasteiger partial charge in [0.25, 0.3) is 0 Å². The number of nitrogens with zero attached hydrogens (tertiary/aromatic N) is 2. The third-order valence-corrected chi connectivity index (χ3v) is 4.72. The van der Waals surface area contributed by atoms with Crippen LogP contribution in [-0.4, -0.2) is 15.9 Å². The Labute approximate surface area is 174 Å². The molecule has 1 unspecified atom stereocenters. The maximum Gasteiger partial charge on any atom is 0.220 e. The van der Waals surface area contributed by atoms with E-state index in [2.05, 4.69) is 54.2 Å². The van der Waals surface area contributed by atoms with E-state index in [1.165, 1.54) is 0 Å². The van der Waals surface area contributed by atoms with E-state index in [-0.39, 0.29) is 17.2 Å². The van der Waals surface area contributed by atoms with Crippen LogP contribution in [0.2, 0.25) is 0 Å². The second kappa shape index (κ2) is 9.97. The number of hydrogen-bond donors (Lipinski definition) is 1. The Morgan fingerprint density at radius 1 is 1.03 bits per heavy atom. The van der Waals surface area contributed by atoms with Crippen LogP contribution < -0.4 is 5.73 Å². The van der Waals surface area contributed by atoms with Crippen molar-refractivity contribution in [2.45, 2.75) is 41.0 Å². The first-order valence-electron chi connectivity index (χ1n) is 10.1. The fraction of sp³-hybridized carbons (Fsp3) is 0.320. The number of carbonyl (C=O) groups is 1. The molecule has 1 aromatic heterocycles. The molecule has 3 rings (SSSR count). The summed E-state index contributed by atoms with van der Waals surface area (Å²) in [6.07, 6.45) is 15.0. The Balaban J connectivity index is 0.00000145. The van der Waals surface area contributed by atoms with Gasteiger partial charge < -0.3 is 5.73 Å². The van der Waals surface area contributed by atoms with Gasteiger partial charge in [0.05, 0.1) is 0 Å². The van der Waals surface area contributed by atoms with Gasteiger partial charge in [0.15, 0.2) is 5.82 Å². The number of amides is 1. The lowest BCUT2D eigenvalue weighted by molar-refractivity contribution is -0.121.